The predicted octanol–water partition coefficient (Wildman–Crippen LogP) is 3.35. The Bertz CT molecular complexity index is 724. The van der Waals surface area contributed by atoms with Crippen LogP contribution in [0.5, 0.6) is 5.75 Å². The molecule has 21 heavy (non-hydrogen) atoms. The van der Waals surface area contributed by atoms with Gasteiger partial charge < -0.3 is 9.84 Å². The number of hydrogen-bond donors (Lipinski definition) is 1. The van der Waals surface area contributed by atoms with Gasteiger partial charge in [-0.05, 0) is 12.5 Å². The number of carbonyl (C=O) groups is 1. The predicted molar refractivity (Wildman–Crippen MR) is 81.0 cm³/mol. The van der Waals surface area contributed by atoms with Gasteiger partial charge in [0.1, 0.15) is 5.75 Å². The number of methoxy groups -OCH3 is 1. The molecule has 1 atom stereocenters. The summed E-state index contributed by atoms with van der Waals surface area (Å²) in [6.45, 7) is 2.06. The van der Waals surface area contributed by atoms with Gasteiger partial charge in [0.05, 0.1) is 17.7 Å². The molecule has 0 bridgehead atoms. The van der Waals surface area contributed by atoms with E-state index >= 15 is 0 Å². The normalized spacial score (nSPS) is 16.2. The number of ether oxygens (including phenoxy) is 1. The van der Waals surface area contributed by atoms with Crippen molar-refractivity contribution in [1.82, 2.24) is 9.78 Å². The van der Waals surface area contributed by atoms with E-state index in [1.165, 1.54) is 0 Å². The molecule has 0 fully saturated rings. The van der Waals surface area contributed by atoms with Gasteiger partial charge in [-0.25, -0.2) is 4.79 Å². The van der Waals surface area contributed by atoms with E-state index in [0.29, 0.717) is 0 Å². The van der Waals surface area contributed by atoms with E-state index in [4.69, 9.17) is 4.74 Å². The number of aromatic carboxylic acids is 1. The first-order valence-corrected chi connectivity index (χ1v) is 7.60. The minimum atomic E-state index is -0.975. The molecule has 0 amide bonds. The van der Waals surface area contributed by atoms with Crippen molar-refractivity contribution in [2.24, 2.45) is 7.05 Å². The van der Waals surface area contributed by atoms with Crippen molar-refractivity contribution in [1.29, 1.82) is 0 Å². The lowest BCUT2D eigenvalue weighted by atomic mass is 10.00. The average Bonchev–Trinajstić information content (AvgIpc) is 2.84. The molecule has 0 saturated carbocycles. The topological polar surface area (TPSA) is 64.3 Å². The van der Waals surface area contributed by atoms with Crippen LogP contribution in [0.2, 0.25) is 0 Å². The van der Waals surface area contributed by atoms with Crippen LogP contribution < -0.4 is 4.74 Å². The molecule has 1 N–H and O–H groups in total. The van der Waals surface area contributed by atoms with Crippen LogP contribution in [0.1, 0.15) is 34.6 Å². The van der Waals surface area contributed by atoms with E-state index in [-0.39, 0.29) is 10.9 Å². The Labute approximate surface area is 126 Å². The minimum Gasteiger partial charge on any atom is -0.496 e. The third-order valence-corrected chi connectivity index (χ3v) is 5.20. The fourth-order valence-corrected chi connectivity index (χ4v) is 4.15. The zero-order chi connectivity index (χ0) is 15.1. The van der Waals surface area contributed by atoms with Crippen molar-refractivity contribution in [2.45, 2.75) is 23.5 Å². The first kappa shape index (κ1) is 14.0. The van der Waals surface area contributed by atoms with E-state index in [9.17, 15) is 9.90 Å². The fraction of sp³-hybridized carbons (Fsp3) is 0.333. The van der Waals surface area contributed by atoms with E-state index in [2.05, 4.69) is 12.0 Å². The summed E-state index contributed by atoms with van der Waals surface area (Å²) < 4.78 is 7.11. The molecule has 0 saturated heterocycles. The molecule has 110 valence electrons. The Kier molecular flexibility index (Phi) is 3.41. The molecule has 1 unspecified atom stereocenters. The minimum absolute atomic E-state index is 0.0728. The van der Waals surface area contributed by atoms with E-state index in [0.717, 1.165) is 33.9 Å². The number of carboxylic acid groups (broad SMARTS) is 1. The van der Waals surface area contributed by atoms with Crippen LogP contribution in [-0.2, 0) is 7.05 Å². The number of fused-ring (bicyclic) bond motifs is 3. The number of hydrogen-bond acceptors (Lipinski definition) is 4. The molecule has 1 aliphatic rings. The standard InChI is InChI=1S/C15H16N2O3S/c1-4-10-11-12(15(18)19)16-17(2)13(11)8-6-5-7-9(20-3)14(8)21-10/h5-7,10H,4H2,1-3H3,(H,18,19). The maximum atomic E-state index is 11.5. The maximum absolute atomic E-state index is 11.5. The molecule has 0 aliphatic carbocycles. The molecule has 1 aliphatic heterocycles. The van der Waals surface area contributed by atoms with Gasteiger partial charge in [-0.3, -0.25) is 4.68 Å². The van der Waals surface area contributed by atoms with Gasteiger partial charge in [-0.1, -0.05) is 19.1 Å². The Balaban J connectivity index is 2.33. The van der Waals surface area contributed by atoms with Gasteiger partial charge >= 0.3 is 5.97 Å². The molecule has 6 heteroatoms. The van der Waals surface area contributed by atoms with Crippen LogP contribution in [0, 0.1) is 0 Å². The van der Waals surface area contributed by atoms with Crippen LogP contribution >= 0.6 is 11.8 Å². The lowest BCUT2D eigenvalue weighted by molar-refractivity contribution is 0.0688. The first-order valence-electron chi connectivity index (χ1n) is 6.72. The van der Waals surface area contributed by atoms with Crippen molar-refractivity contribution >= 4 is 17.7 Å². The lowest BCUT2D eigenvalue weighted by Crippen LogP contribution is -2.08. The molecular weight excluding hydrogens is 288 g/mol. The zero-order valence-electron chi connectivity index (χ0n) is 12.1. The van der Waals surface area contributed by atoms with Crippen molar-refractivity contribution < 1.29 is 14.6 Å². The highest BCUT2D eigenvalue weighted by Crippen LogP contribution is 2.54. The summed E-state index contributed by atoms with van der Waals surface area (Å²) in [7, 11) is 3.44. The molecule has 1 aromatic heterocycles. The highest BCUT2D eigenvalue weighted by Gasteiger charge is 2.34. The van der Waals surface area contributed by atoms with Crippen molar-refractivity contribution in [3.05, 3.63) is 29.5 Å². The molecule has 3 rings (SSSR count). The van der Waals surface area contributed by atoms with Gasteiger partial charge in [0.25, 0.3) is 0 Å². The van der Waals surface area contributed by atoms with Gasteiger partial charge in [-0.15, -0.1) is 11.8 Å². The third kappa shape index (κ3) is 2.01. The smallest absolute Gasteiger partial charge is 0.356 e. The Morgan fingerprint density at radius 1 is 1.52 bits per heavy atom. The number of aryl methyl sites for hydroxylation is 1. The fourth-order valence-electron chi connectivity index (χ4n) is 2.80. The second-order valence-corrected chi connectivity index (χ2v) is 6.10. The van der Waals surface area contributed by atoms with Gasteiger partial charge in [-0.2, -0.15) is 5.10 Å². The second kappa shape index (κ2) is 5.11. The molecule has 5 nitrogen and oxygen atoms in total. The SMILES string of the molecule is CCC1Sc2c(OC)cccc2-c2c1c(C(=O)O)nn2C. The van der Waals surface area contributed by atoms with E-state index < -0.39 is 5.97 Å². The van der Waals surface area contributed by atoms with Crippen molar-refractivity contribution in [2.75, 3.05) is 7.11 Å². The number of nitrogens with zero attached hydrogens (tertiary/aromatic N) is 2. The van der Waals surface area contributed by atoms with Gasteiger partial charge in [0, 0.05) is 23.4 Å². The molecule has 0 radical (unpaired) electrons. The summed E-state index contributed by atoms with van der Waals surface area (Å²) in [5, 5.41) is 13.7. The van der Waals surface area contributed by atoms with Gasteiger partial charge in [0.15, 0.2) is 5.69 Å². The van der Waals surface area contributed by atoms with Crippen LogP contribution in [0.4, 0.5) is 0 Å². The molecule has 2 heterocycles. The van der Waals surface area contributed by atoms with Crippen LogP contribution in [-0.4, -0.2) is 28.0 Å². The Hall–Kier alpha value is -1.95. The second-order valence-electron chi connectivity index (χ2n) is 4.89. The molecule has 2 aromatic rings. The highest BCUT2D eigenvalue weighted by atomic mass is 32.2. The number of carboxylic acids is 1. The monoisotopic (exact) mass is 304 g/mol. The average molecular weight is 304 g/mol. The van der Waals surface area contributed by atoms with Crippen LogP contribution in [0.25, 0.3) is 11.3 Å². The third-order valence-electron chi connectivity index (χ3n) is 3.69. The first-order chi connectivity index (χ1) is 10.1. The quantitative estimate of drug-likeness (QED) is 0.942. The van der Waals surface area contributed by atoms with E-state index in [1.54, 1.807) is 30.6 Å². The van der Waals surface area contributed by atoms with Gasteiger partial charge in [0.2, 0.25) is 0 Å². The summed E-state index contributed by atoms with van der Waals surface area (Å²) in [4.78, 5) is 12.5. The van der Waals surface area contributed by atoms with E-state index in [1.807, 2.05) is 18.2 Å². The summed E-state index contributed by atoms with van der Waals surface area (Å²) >= 11 is 1.65. The largest absolute Gasteiger partial charge is 0.496 e. The molecule has 1 aromatic carbocycles. The number of benzene rings is 1. The van der Waals surface area contributed by atoms with Crippen molar-refractivity contribution in [3.8, 4) is 17.0 Å². The summed E-state index contributed by atoms with van der Waals surface area (Å²) in [5.74, 6) is -0.156. The Morgan fingerprint density at radius 3 is 2.90 bits per heavy atom. The Morgan fingerprint density at radius 2 is 2.29 bits per heavy atom. The van der Waals surface area contributed by atoms with Crippen LogP contribution in [0.3, 0.4) is 0 Å². The lowest BCUT2D eigenvalue weighted by Gasteiger charge is -2.25. The van der Waals surface area contributed by atoms with Crippen LogP contribution in [0.15, 0.2) is 23.1 Å². The number of rotatable bonds is 3. The highest BCUT2D eigenvalue weighted by molar-refractivity contribution is 7.99. The maximum Gasteiger partial charge on any atom is 0.356 e. The summed E-state index contributed by atoms with van der Waals surface area (Å²) in [6.07, 6.45) is 0.834. The summed E-state index contributed by atoms with van der Waals surface area (Å²) in [5.41, 5.74) is 2.84. The summed E-state index contributed by atoms with van der Waals surface area (Å²) in [6, 6.07) is 5.84. The number of aromatic nitrogens is 2. The molecular formula is C15H16N2O3S. The van der Waals surface area contributed by atoms with Crippen molar-refractivity contribution in [3.63, 3.8) is 0 Å². The number of thioether (sulfide) groups is 1. The molecule has 0 spiro atoms. The zero-order valence-corrected chi connectivity index (χ0v) is 12.9.